The average molecular weight is 680 g/mol. The van der Waals surface area contributed by atoms with Gasteiger partial charge in [-0.15, -0.1) is 0 Å². The molecule has 2 heterocycles. The number of aromatic nitrogens is 1. The van der Waals surface area contributed by atoms with E-state index in [1.165, 1.54) is 21.5 Å². The van der Waals surface area contributed by atoms with Gasteiger partial charge in [-0.1, -0.05) is 97.1 Å². The fraction of sp³-hybridized carbons (Fsp3) is 0. The normalized spacial score (nSPS) is 12.0. The van der Waals surface area contributed by atoms with E-state index in [0.717, 1.165) is 77.6 Å². The minimum Gasteiger partial charge on any atom is -0.456 e. The third-order valence-electron chi connectivity index (χ3n) is 10.3. The van der Waals surface area contributed by atoms with E-state index in [1.54, 1.807) is 0 Å². The summed E-state index contributed by atoms with van der Waals surface area (Å²) in [7, 11) is 0. The number of oxazole rings is 1. The first-order valence-electron chi connectivity index (χ1n) is 18.3. The van der Waals surface area contributed by atoms with Crippen molar-refractivity contribution in [2.75, 3.05) is 4.90 Å². The van der Waals surface area contributed by atoms with Crippen LogP contribution in [0.2, 0.25) is 0 Å². The lowest BCUT2D eigenvalue weighted by Crippen LogP contribution is -2.09. The molecular formula is C49H30N2O2. The first kappa shape index (κ1) is 28.5. The molecule has 0 aliphatic heterocycles. The van der Waals surface area contributed by atoms with Crippen molar-refractivity contribution in [1.29, 1.82) is 0 Å². The summed E-state index contributed by atoms with van der Waals surface area (Å²) in [5, 5.41) is 8.91. The van der Waals surface area contributed by atoms with Gasteiger partial charge in [0, 0.05) is 39.5 Å². The van der Waals surface area contributed by atoms with Gasteiger partial charge >= 0.3 is 0 Å². The second-order valence-corrected chi connectivity index (χ2v) is 13.5. The van der Waals surface area contributed by atoms with Crippen molar-refractivity contribution in [2.45, 2.75) is 0 Å². The fourth-order valence-electron chi connectivity index (χ4n) is 7.70. The third kappa shape index (κ3) is 4.95. The predicted octanol–water partition coefficient (Wildman–Crippen LogP) is 14.0. The molecule has 0 radical (unpaired) electrons. The molecule has 0 fully saturated rings. The second-order valence-electron chi connectivity index (χ2n) is 13.5. The summed E-state index contributed by atoms with van der Waals surface area (Å²) in [5.74, 6) is 0.585. The van der Waals surface area contributed by atoms with Crippen LogP contribution in [0.1, 0.15) is 1.37 Å². The predicted molar refractivity (Wildman–Crippen MR) is 219 cm³/mol. The Morgan fingerprint density at radius 1 is 0.396 bits per heavy atom. The molecule has 0 atom stereocenters. The molecule has 0 saturated heterocycles. The summed E-state index contributed by atoms with van der Waals surface area (Å²) in [6.45, 7) is 0. The number of hydrogen-bond acceptors (Lipinski definition) is 4. The molecule has 11 aromatic rings. The number of furan rings is 1. The highest BCUT2D eigenvalue weighted by Crippen LogP contribution is 2.41. The Balaban J connectivity index is 1.02. The van der Waals surface area contributed by atoms with Crippen LogP contribution in [0.3, 0.4) is 0 Å². The monoisotopic (exact) mass is 679 g/mol. The SMILES string of the molecule is [2H]c1c(-c2ccc3c(ccc4ccccc43)c2)ccc2cc(N(c3ccc(-c4nc5ccccc5o4)cc3)c3ccc4c(c3)oc3ccccc34)ccc12. The van der Waals surface area contributed by atoms with Crippen molar-refractivity contribution in [3.05, 3.63) is 182 Å². The fourth-order valence-corrected chi connectivity index (χ4v) is 7.70. The zero-order valence-electron chi connectivity index (χ0n) is 29.5. The standard InChI is InChI=1S/C49H30N2O2/c1-2-8-41-31(7-1)13-16-37-28-35(20-25-42(37)41)33-14-15-36-29-39(23-19-34(36)27-33)51(40-24-26-44-43-9-3-5-11-46(43)52-48(44)30-40)38-21-17-32(18-22-38)49-50-45-10-4-6-12-47(45)53-49/h1-30H/i27D. The summed E-state index contributed by atoms with van der Waals surface area (Å²) in [4.78, 5) is 6.95. The molecular weight excluding hydrogens is 649 g/mol. The van der Waals surface area contributed by atoms with Gasteiger partial charge in [0.15, 0.2) is 5.58 Å². The largest absolute Gasteiger partial charge is 0.456 e. The van der Waals surface area contributed by atoms with Crippen molar-refractivity contribution < 1.29 is 10.2 Å². The van der Waals surface area contributed by atoms with Gasteiger partial charge in [0.1, 0.15) is 16.7 Å². The Hall–Kier alpha value is -7.17. The minimum atomic E-state index is 0.511. The Bertz CT molecular complexity index is 3220. The molecule has 0 amide bonds. The summed E-state index contributed by atoms with van der Waals surface area (Å²) < 4.78 is 21.8. The van der Waals surface area contributed by atoms with E-state index >= 15 is 0 Å². The van der Waals surface area contributed by atoms with Crippen LogP contribution in [-0.4, -0.2) is 4.98 Å². The molecule has 0 aliphatic rings. The Morgan fingerprint density at radius 2 is 1.02 bits per heavy atom. The topological polar surface area (TPSA) is 42.4 Å². The lowest BCUT2D eigenvalue weighted by Gasteiger charge is -2.26. The highest BCUT2D eigenvalue weighted by molar-refractivity contribution is 6.09. The van der Waals surface area contributed by atoms with Crippen LogP contribution in [0.15, 0.2) is 191 Å². The van der Waals surface area contributed by atoms with E-state index in [9.17, 15) is 1.37 Å². The number of benzene rings is 9. The summed E-state index contributed by atoms with van der Waals surface area (Å²) in [5.41, 5.74) is 9.03. The number of rotatable bonds is 5. The van der Waals surface area contributed by atoms with Gasteiger partial charge in [-0.25, -0.2) is 4.98 Å². The molecule has 0 bridgehead atoms. The summed E-state index contributed by atoms with van der Waals surface area (Å²) in [6, 6.07) is 61.1. The van der Waals surface area contributed by atoms with Gasteiger partial charge < -0.3 is 13.7 Å². The number of anilines is 3. The molecule has 4 nitrogen and oxygen atoms in total. The van der Waals surface area contributed by atoms with Crippen molar-refractivity contribution in [1.82, 2.24) is 4.98 Å². The number of nitrogens with zero attached hydrogens (tertiary/aromatic N) is 2. The molecule has 11 rings (SSSR count). The lowest BCUT2D eigenvalue weighted by atomic mass is 9.96. The molecule has 9 aromatic carbocycles. The zero-order valence-corrected chi connectivity index (χ0v) is 28.5. The van der Waals surface area contributed by atoms with Gasteiger partial charge in [0.2, 0.25) is 5.89 Å². The van der Waals surface area contributed by atoms with E-state index in [4.69, 9.17) is 13.8 Å². The highest BCUT2D eigenvalue weighted by atomic mass is 16.3. The molecule has 2 aromatic heterocycles. The first-order chi connectivity index (χ1) is 26.6. The van der Waals surface area contributed by atoms with Crippen molar-refractivity contribution in [3.8, 4) is 22.6 Å². The lowest BCUT2D eigenvalue weighted by molar-refractivity contribution is 0.620. The Morgan fingerprint density at radius 3 is 1.92 bits per heavy atom. The molecule has 0 saturated carbocycles. The van der Waals surface area contributed by atoms with Crippen LogP contribution in [0, 0.1) is 0 Å². The molecule has 0 N–H and O–H groups in total. The van der Waals surface area contributed by atoms with Gasteiger partial charge in [-0.2, -0.15) is 0 Å². The van der Waals surface area contributed by atoms with Crippen molar-refractivity contribution >= 4 is 82.4 Å². The van der Waals surface area contributed by atoms with E-state index in [1.807, 2.05) is 54.6 Å². The van der Waals surface area contributed by atoms with E-state index in [-0.39, 0.29) is 0 Å². The van der Waals surface area contributed by atoms with Gasteiger partial charge in [-0.3, -0.25) is 0 Å². The van der Waals surface area contributed by atoms with E-state index < -0.39 is 0 Å². The van der Waals surface area contributed by atoms with Crippen LogP contribution in [0.5, 0.6) is 0 Å². The highest BCUT2D eigenvalue weighted by Gasteiger charge is 2.17. The Labute approximate surface area is 306 Å². The third-order valence-corrected chi connectivity index (χ3v) is 10.3. The summed E-state index contributed by atoms with van der Waals surface area (Å²) in [6.07, 6.45) is 0. The second kappa shape index (κ2) is 11.7. The van der Waals surface area contributed by atoms with Crippen LogP contribution in [0.25, 0.3) is 87.9 Å². The maximum Gasteiger partial charge on any atom is 0.227 e. The molecule has 53 heavy (non-hydrogen) atoms. The molecule has 0 spiro atoms. The number of fused-ring (bicyclic) bond motifs is 8. The van der Waals surface area contributed by atoms with E-state index in [2.05, 4.69) is 126 Å². The number of para-hydroxylation sites is 3. The van der Waals surface area contributed by atoms with Crippen LogP contribution in [0.4, 0.5) is 17.1 Å². The smallest absolute Gasteiger partial charge is 0.227 e. The molecule has 4 heteroatoms. The summed E-state index contributed by atoms with van der Waals surface area (Å²) >= 11 is 0. The van der Waals surface area contributed by atoms with Gasteiger partial charge in [0.25, 0.3) is 0 Å². The maximum atomic E-state index is 9.37. The van der Waals surface area contributed by atoms with Gasteiger partial charge in [-0.05, 0) is 122 Å². The van der Waals surface area contributed by atoms with Crippen LogP contribution >= 0.6 is 0 Å². The van der Waals surface area contributed by atoms with Crippen molar-refractivity contribution in [3.63, 3.8) is 0 Å². The quantitative estimate of drug-likeness (QED) is 0.170. The zero-order chi connectivity index (χ0) is 35.8. The Kier molecular flexibility index (Phi) is 6.29. The minimum absolute atomic E-state index is 0.511. The molecule has 248 valence electrons. The van der Waals surface area contributed by atoms with Crippen LogP contribution in [-0.2, 0) is 0 Å². The molecule has 0 aliphatic carbocycles. The van der Waals surface area contributed by atoms with Crippen molar-refractivity contribution in [2.24, 2.45) is 0 Å². The van der Waals surface area contributed by atoms with Crippen LogP contribution < -0.4 is 4.90 Å². The average Bonchev–Trinajstić information content (AvgIpc) is 3.83. The van der Waals surface area contributed by atoms with E-state index in [0.29, 0.717) is 11.9 Å². The maximum absolute atomic E-state index is 9.37. The first-order valence-corrected chi connectivity index (χ1v) is 17.8. The molecule has 0 unspecified atom stereocenters. The number of hydrogen-bond donors (Lipinski definition) is 0. The van der Waals surface area contributed by atoms with Gasteiger partial charge in [0.05, 0.1) is 1.37 Å².